The predicted molar refractivity (Wildman–Crippen MR) is 152 cm³/mol. The van der Waals surface area contributed by atoms with E-state index in [0.717, 1.165) is 16.7 Å². The Hall–Kier alpha value is -3.65. The van der Waals surface area contributed by atoms with Crippen molar-refractivity contribution in [2.75, 3.05) is 24.4 Å². The molecule has 0 radical (unpaired) electrons. The summed E-state index contributed by atoms with van der Waals surface area (Å²) in [5.74, 6) is -0.714. The number of likely N-dealkylation sites (N-methyl/N-ethyl adjacent to an activating group) is 1. The van der Waals surface area contributed by atoms with Crippen molar-refractivity contribution in [2.45, 2.75) is 51.0 Å². The second-order valence-corrected chi connectivity index (χ2v) is 11.0. The van der Waals surface area contributed by atoms with Gasteiger partial charge in [0, 0.05) is 13.6 Å². The molecule has 38 heavy (non-hydrogen) atoms. The van der Waals surface area contributed by atoms with E-state index in [2.05, 4.69) is 5.32 Å². The third kappa shape index (κ3) is 6.81. The Labute approximate surface area is 226 Å². The zero-order valence-electron chi connectivity index (χ0n) is 22.6. The summed E-state index contributed by atoms with van der Waals surface area (Å²) < 4.78 is 29.1. The summed E-state index contributed by atoms with van der Waals surface area (Å²) in [5.41, 5.74) is 3.23. The van der Waals surface area contributed by atoms with Gasteiger partial charge in [0.25, 0.3) is 10.0 Å². The molecule has 3 rings (SSSR count). The molecule has 0 aliphatic carbocycles. The molecule has 0 spiro atoms. The van der Waals surface area contributed by atoms with Crippen LogP contribution in [0.4, 0.5) is 5.69 Å². The van der Waals surface area contributed by atoms with Crippen molar-refractivity contribution in [2.24, 2.45) is 0 Å². The van der Waals surface area contributed by atoms with Crippen molar-refractivity contribution < 1.29 is 18.0 Å². The minimum Gasteiger partial charge on any atom is -0.357 e. The standard InChI is InChI=1S/C30H37N3O4S/c1-5-25-14-10-11-15-28(25)33(38(36,37)26-18-16-23(3)17-19-26)22-29(34)32(27(6-2)30(35)31-4)21-20-24-12-8-7-9-13-24/h7-19,27H,5-6,20-22H2,1-4H3,(H,31,35). The molecule has 0 heterocycles. The second-order valence-electron chi connectivity index (χ2n) is 9.17. The maximum Gasteiger partial charge on any atom is 0.264 e. The first-order valence-corrected chi connectivity index (χ1v) is 14.4. The first-order chi connectivity index (χ1) is 18.2. The van der Waals surface area contributed by atoms with E-state index in [1.165, 1.54) is 16.3 Å². The van der Waals surface area contributed by atoms with Crippen LogP contribution in [-0.2, 0) is 32.5 Å². The van der Waals surface area contributed by atoms with Gasteiger partial charge < -0.3 is 10.2 Å². The molecule has 8 heteroatoms. The van der Waals surface area contributed by atoms with E-state index >= 15 is 0 Å². The predicted octanol–water partition coefficient (Wildman–Crippen LogP) is 4.35. The van der Waals surface area contributed by atoms with Gasteiger partial charge in [-0.05, 0) is 55.5 Å². The number of amides is 2. The van der Waals surface area contributed by atoms with Crippen LogP contribution in [0, 0.1) is 6.92 Å². The van der Waals surface area contributed by atoms with E-state index in [4.69, 9.17) is 0 Å². The molecule has 1 N–H and O–H groups in total. The molecule has 1 atom stereocenters. The van der Waals surface area contributed by atoms with Gasteiger partial charge in [0.2, 0.25) is 11.8 Å². The van der Waals surface area contributed by atoms with E-state index < -0.39 is 28.5 Å². The van der Waals surface area contributed by atoms with Crippen LogP contribution in [-0.4, -0.2) is 51.3 Å². The fraction of sp³-hybridized carbons (Fsp3) is 0.333. The molecule has 0 aromatic heterocycles. The summed E-state index contributed by atoms with van der Waals surface area (Å²) in [6.07, 6.45) is 1.53. The van der Waals surface area contributed by atoms with Crippen LogP contribution >= 0.6 is 0 Å². The molecular weight excluding hydrogens is 498 g/mol. The van der Waals surface area contributed by atoms with Gasteiger partial charge in [-0.2, -0.15) is 0 Å². The van der Waals surface area contributed by atoms with Gasteiger partial charge in [-0.15, -0.1) is 0 Å². The number of hydrogen-bond donors (Lipinski definition) is 1. The lowest BCUT2D eigenvalue weighted by atomic mass is 10.1. The molecule has 0 saturated heterocycles. The highest BCUT2D eigenvalue weighted by Gasteiger charge is 2.33. The van der Waals surface area contributed by atoms with Gasteiger partial charge in [0.1, 0.15) is 12.6 Å². The monoisotopic (exact) mass is 535 g/mol. The maximum atomic E-state index is 14.0. The number of nitrogens with one attached hydrogen (secondary N) is 1. The van der Waals surface area contributed by atoms with Crippen LogP contribution in [0.25, 0.3) is 0 Å². The van der Waals surface area contributed by atoms with Crippen molar-refractivity contribution in [1.29, 1.82) is 0 Å². The van der Waals surface area contributed by atoms with Gasteiger partial charge >= 0.3 is 0 Å². The Morgan fingerprint density at radius 1 is 0.895 bits per heavy atom. The molecule has 3 aromatic carbocycles. The van der Waals surface area contributed by atoms with Crippen LogP contribution < -0.4 is 9.62 Å². The molecule has 3 aromatic rings. The first kappa shape index (κ1) is 28.9. The Morgan fingerprint density at radius 3 is 2.13 bits per heavy atom. The third-order valence-corrected chi connectivity index (χ3v) is 8.42. The fourth-order valence-electron chi connectivity index (χ4n) is 4.47. The van der Waals surface area contributed by atoms with Crippen molar-refractivity contribution in [3.63, 3.8) is 0 Å². The average Bonchev–Trinajstić information content (AvgIpc) is 2.94. The number of rotatable bonds is 12. The van der Waals surface area contributed by atoms with E-state index in [0.29, 0.717) is 24.9 Å². The molecule has 0 aliphatic rings. The van der Waals surface area contributed by atoms with E-state index in [1.54, 1.807) is 36.4 Å². The quantitative estimate of drug-likeness (QED) is 0.374. The SMILES string of the molecule is CCc1ccccc1N(CC(=O)N(CCc1ccccc1)C(CC)C(=O)NC)S(=O)(=O)c1ccc(C)cc1. The highest BCUT2D eigenvalue weighted by molar-refractivity contribution is 7.92. The summed E-state index contributed by atoms with van der Waals surface area (Å²) in [6, 6.07) is 22.8. The molecule has 1 unspecified atom stereocenters. The Balaban J connectivity index is 2.04. The van der Waals surface area contributed by atoms with E-state index in [9.17, 15) is 18.0 Å². The van der Waals surface area contributed by atoms with Gasteiger partial charge in [-0.1, -0.05) is 80.1 Å². The van der Waals surface area contributed by atoms with Crippen LogP contribution in [0.15, 0.2) is 83.8 Å². The number of anilines is 1. The topological polar surface area (TPSA) is 86.8 Å². The van der Waals surface area contributed by atoms with Crippen molar-refractivity contribution in [3.8, 4) is 0 Å². The average molecular weight is 536 g/mol. The number of carbonyl (C=O) groups is 2. The summed E-state index contributed by atoms with van der Waals surface area (Å²) in [6.45, 7) is 5.54. The highest BCUT2D eigenvalue weighted by Crippen LogP contribution is 2.28. The summed E-state index contributed by atoms with van der Waals surface area (Å²) in [4.78, 5) is 28.3. The van der Waals surface area contributed by atoms with Crippen molar-refractivity contribution in [3.05, 3.63) is 95.6 Å². The summed E-state index contributed by atoms with van der Waals surface area (Å²) >= 11 is 0. The minimum absolute atomic E-state index is 0.107. The largest absolute Gasteiger partial charge is 0.357 e. The third-order valence-electron chi connectivity index (χ3n) is 6.65. The molecule has 7 nitrogen and oxygen atoms in total. The van der Waals surface area contributed by atoms with Crippen molar-refractivity contribution >= 4 is 27.5 Å². The fourth-order valence-corrected chi connectivity index (χ4v) is 5.92. The number of carbonyl (C=O) groups excluding carboxylic acids is 2. The lowest BCUT2D eigenvalue weighted by molar-refractivity contribution is -0.139. The smallest absolute Gasteiger partial charge is 0.264 e. The Morgan fingerprint density at radius 2 is 1.53 bits per heavy atom. The molecule has 2 amide bonds. The minimum atomic E-state index is -4.07. The van der Waals surface area contributed by atoms with E-state index in [1.807, 2.05) is 63.2 Å². The number of hydrogen-bond acceptors (Lipinski definition) is 4. The van der Waals surface area contributed by atoms with Gasteiger partial charge in [-0.3, -0.25) is 13.9 Å². The molecule has 0 fully saturated rings. The van der Waals surface area contributed by atoms with Crippen molar-refractivity contribution in [1.82, 2.24) is 10.2 Å². The van der Waals surface area contributed by atoms with Crippen LogP contribution in [0.5, 0.6) is 0 Å². The highest BCUT2D eigenvalue weighted by atomic mass is 32.2. The second kappa shape index (κ2) is 13.2. The molecule has 0 saturated carbocycles. The number of sulfonamides is 1. The first-order valence-electron chi connectivity index (χ1n) is 12.9. The summed E-state index contributed by atoms with van der Waals surface area (Å²) in [7, 11) is -2.53. The number of benzene rings is 3. The number of aryl methyl sites for hydroxylation is 2. The Bertz CT molecular complexity index is 1330. The van der Waals surface area contributed by atoms with Gasteiger partial charge in [-0.25, -0.2) is 8.42 Å². The maximum absolute atomic E-state index is 14.0. The van der Waals surface area contributed by atoms with Crippen LogP contribution in [0.1, 0.15) is 37.0 Å². The molecule has 0 aliphatic heterocycles. The normalized spacial score (nSPS) is 12.0. The zero-order chi connectivity index (χ0) is 27.7. The van der Waals surface area contributed by atoms with E-state index in [-0.39, 0.29) is 17.3 Å². The molecule has 0 bridgehead atoms. The lowest BCUT2D eigenvalue weighted by Crippen LogP contribution is -2.52. The Kier molecular flexibility index (Phi) is 10.1. The molecular formula is C30H37N3O4S. The zero-order valence-corrected chi connectivity index (χ0v) is 23.4. The number of nitrogens with zero attached hydrogens (tertiary/aromatic N) is 2. The summed E-state index contributed by atoms with van der Waals surface area (Å²) in [5, 5.41) is 2.65. The lowest BCUT2D eigenvalue weighted by Gasteiger charge is -2.33. The van der Waals surface area contributed by atoms with Crippen LogP contribution in [0.2, 0.25) is 0 Å². The molecule has 202 valence electrons. The number of para-hydroxylation sites is 1. The van der Waals surface area contributed by atoms with Crippen LogP contribution in [0.3, 0.4) is 0 Å². The van der Waals surface area contributed by atoms with Gasteiger partial charge in [0.05, 0.1) is 10.6 Å². The van der Waals surface area contributed by atoms with Gasteiger partial charge in [0.15, 0.2) is 0 Å².